The Labute approximate surface area is 287 Å². The molecule has 258 valence electrons. The molecule has 0 fully saturated rings. The van der Waals surface area contributed by atoms with Crippen LogP contribution in [0.2, 0.25) is 0 Å². The van der Waals surface area contributed by atoms with Crippen LogP contribution >= 0.6 is 0 Å². The summed E-state index contributed by atoms with van der Waals surface area (Å²) in [6.45, 7) is 15.9. The highest BCUT2D eigenvalue weighted by atomic mass is 16.5. The molecule has 0 radical (unpaired) electrons. The molecule has 0 bridgehead atoms. The Morgan fingerprint density at radius 2 is 0.917 bits per heavy atom. The molecular weight excluding hydrogens is 600 g/mol. The Kier molecular flexibility index (Phi) is 12.0. The molecule has 6 heteroatoms. The monoisotopic (exact) mass is 654 g/mol. The number of benzene rings is 4. The predicted octanol–water partition coefficient (Wildman–Crippen LogP) is 9.88. The first-order chi connectivity index (χ1) is 22.7. The highest BCUT2D eigenvalue weighted by molar-refractivity contribution is 5.56. The lowest BCUT2D eigenvalue weighted by Gasteiger charge is -2.29. The van der Waals surface area contributed by atoms with Gasteiger partial charge >= 0.3 is 0 Å². The average Bonchev–Trinajstić information content (AvgIpc) is 3.04. The van der Waals surface area contributed by atoms with Crippen LogP contribution in [0.4, 0.5) is 0 Å². The van der Waals surface area contributed by atoms with E-state index in [0.717, 1.165) is 69.2 Å². The maximum Gasteiger partial charge on any atom is 0.123 e. The minimum absolute atomic E-state index is 0.206. The van der Waals surface area contributed by atoms with Gasteiger partial charge in [0.1, 0.15) is 34.5 Å². The van der Waals surface area contributed by atoms with Gasteiger partial charge in [-0.15, -0.1) is 0 Å². The number of phenols is 2. The van der Waals surface area contributed by atoms with Crippen LogP contribution in [0.5, 0.6) is 34.5 Å². The van der Waals surface area contributed by atoms with Gasteiger partial charge in [0.05, 0.1) is 27.4 Å². The lowest BCUT2D eigenvalue weighted by atomic mass is 9.76. The van der Waals surface area contributed by atoms with Crippen LogP contribution < -0.4 is 18.9 Å². The van der Waals surface area contributed by atoms with Crippen LogP contribution in [0, 0.1) is 0 Å². The highest BCUT2D eigenvalue weighted by Gasteiger charge is 2.30. The highest BCUT2D eigenvalue weighted by Crippen LogP contribution is 2.46. The quantitative estimate of drug-likeness (QED) is 0.141. The predicted molar refractivity (Wildman–Crippen MR) is 195 cm³/mol. The summed E-state index contributed by atoms with van der Waals surface area (Å²) in [5.41, 5.74) is 5.05. The summed E-state index contributed by atoms with van der Waals surface area (Å²) >= 11 is 0. The minimum Gasteiger partial charge on any atom is -0.507 e. The molecular formula is C42H54O6. The van der Waals surface area contributed by atoms with Gasteiger partial charge in [0.25, 0.3) is 0 Å². The van der Waals surface area contributed by atoms with E-state index < -0.39 is 0 Å². The summed E-state index contributed by atoms with van der Waals surface area (Å²) in [6, 6.07) is 23.6. The number of methoxy groups -OCH3 is 2. The van der Waals surface area contributed by atoms with Gasteiger partial charge in [0.15, 0.2) is 0 Å². The Morgan fingerprint density at radius 3 is 1.23 bits per heavy atom. The molecule has 6 nitrogen and oxygen atoms in total. The Bertz CT molecular complexity index is 1500. The Hall–Kier alpha value is -4.32. The first-order valence-corrected chi connectivity index (χ1v) is 17.0. The van der Waals surface area contributed by atoms with Crippen molar-refractivity contribution in [3.8, 4) is 34.5 Å². The molecule has 0 aromatic heterocycles. The molecule has 0 atom stereocenters. The van der Waals surface area contributed by atoms with Gasteiger partial charge in [-0.05, 0) is 88.0 Å². The molecule has 0 amide bonds. The van der Waals surface area contributed by atoms with E-state index in [9.17, 15) is 10.2 Å². The van der Waals surface area contributed by atoms with Crippen LogP contribution in [0.3, 0.4) is 0 Å². The maximum atomic E-state index is 11.9. The zero-order chi connectivity index (χ0) is 35.1. The largest absolute Gasteiger partial charge is 0.507 e. The number of hydrogen-bond acceptors (Lipinski definition) is 6. The molecule has 0 saturated heterocycles. The van der Waals surface area contributed by atoms with Crippen molar-refractivity contribution in [1.82, 2.24) is 0 Å². The molecule has 4 aromatic rings. The fraction of sp³-hybridized carbons (Fsp3) is 0.429. The summed E-state index contributed by atoms with van der Waals surface area (Å²) in [5, 5.41) is 23.8. The molecule has 0 saturated carbocycles. The molecule has 0 aliphatic carbocycles. The molecule has 0 unspecified atom stereocenters. The summed E-state index contributed by atoms with van der Waals surface area (Å²) in [6.07, 6.45) is 2.99. The van der Waals surface area contributed by atoms with E-state index in [1.807, 2.05) is 48.5 Å². The number of ether oxygens (including phenoxy) is 4. The molecule has 4 rings (SSSR count). The van der Waals surface area contributed by atoms with E-state index in [1.165, 1.54) is 0 Å². The number of hydrogen-bond donors (Lipinski definition) is 2. The van der Waals surface area contributed by atoms with Crippen molar-refractivity contribution < 1.29 is 29.2 Å². The summed E-state index contributed by atoms with van der Waals surface area (Å²) in [5.74, 6) is 3.52. The third kappa shape index (κ3) is 9.18. The second kappa shape index (κ2) is 15.7. The van der Waals surface area contributed by atoms with Crippen molar-refractivity contribution >= 4 is 0 Å². The third-order valence-electron chi connectivity index (χ3n) is 8.78. The van der Waals surface area contributed by atoms with Crippen molar-refractivity contribution in [3.05, 3.63) is 106 Å². The zero-order valence-electron chi connectivity index (χ0n) is 30.3. The molecule has 0 aliphatic rings. The van der Waals surface area contributed by atoms with Crippen LogP contribution in [-0.2, 0) is 23.7 Å². The fourth-order valence-corrected chi connectivity index (χ4v) is 6.09. The van der Waals surface area contributed by atoms with Crippen molar-refractivity contribution in [3.63, 3.8) is 0 Å². The molecule has 2 N–H and O–H groups in total. The van der Waals surface area contributed by atoms with Crippen LogP contribution in [0.15, 0.2) is 72.8 Å². The molecule has 0 spiro atoms. The number of aromatic hydroxyl groups is 2. The van der Waals surface area contributed by atoms with Gasteiger partial charge in [-0.2, -0.15) is 0 Å². The lowest BCUT2D eigenvalue weighted by Crippen LogP contribution is -2.17. The third-order valence-corrected chi connectivity index (χ3v) is 8.78. The second-order valence-electron chi connectivity index (χ2n) is 14.6. The molecule has 0 aliphatic heterocycles. The normalized spacial score (nSPS) is 11.9. The maximum absolute atomic E-state index is 11.9. The fourth-order valence-electron chi connectivity index (χ4n) is 6.09. The van der Waals surface area contributed by atoms with E-state index in [-0.39, 0.29) is 16.7 Å². The summed E-state index contributed by atoms with van der Waals surface area (Å²) < 4.78 is 22.7. The van der Waals surface area contributed by atoms with Gasteiger partial charge in [0.2, 0.25) is 0 Å². The van der Waals surface area contributed by atoms with Crippen molar-refractivity contribution in [2.75, 3.05) is 27.4 Å². The van der Waals surface area contributed by atoms with Crippen LogP contribution in [0.25, 0.3) is 0 Å². The van der Waals surface area contributed by atoms with Gasteiger partial charge < -0.3 is 29.2 Å². The van der Waals surface area contributed by atoms with E-state index in [2.05, 4.69) is 72.7 Å². The summed E-state index contributed by atoms with van der Waals surface area (Å²) in [4.78, 5) is 0. The number of phenolic OH excluding ortho intramolecular Hbond substituents is 2. The average molecular weight is 655 g/mol. The lowest BCUT2D eigenvalue weighted by molar-refractivity contribution is 0.320. The van der Waals surface area contributed by atoms with Crippen molar-refractivity contribution in [1.29, 1.82) is 0 Å². The summed E-state index contributed by atoms with van der Waals surface area (Å²) in [7, 11) is 3.30. The van der Waals surface area contributed by atoms with E-state index in [0.29, 0.717) is 37.6 Å². The topological polar surface area (TPSA) is 77.4 Å². The SMILES string of the molecule is CCCC(c1cc(CCOc2ccc(OC)cc2)cc(C(C)(C)C)c1O)c1cc(CCOc2ccc(OC)cc2)cc(C(C)(C)C)c1O. The molecule has 4 aromatic carbocycles. The standard InChI is InChI=1S/C42H54O6/c1-10-11-34(35-24-28(26-37(39(35)43)41(2,3)4)20-22-47-32-16-12-30(45-8)13-17-32)36-25-29(27-38(40(36)44)42(5,6)7)21-23-48-33-18-14-31(46-9)15-19-33/h12-19,24-27,34,43-44H,10-11,20-23H2,1-9H3. The van der Waals surface area contributed by atoms with E-state index >= 15 is 0 Å². The van der Waals surface area contributed by atoms with E-state index in [4.69, 9.17) is 18.9 Å². The van der Waals surface area contributed by atoms with Gasteiger partial charge in [-0.25, -0.2) is 0 Å². The molecule has 48 heavy (non-hydrogen) atoms. The molecule has 0 heterocycles. The number of rotatable bonds is 14. The minimum atomic E-state index is -0.290. The first kappa shape index (κ1) is 36.5. The van der Waals surface area contributed by atoms with E-state index in [1.54, 1.807) is 14.2 Å². The van der Waals surface area contributed by atoms with Crippen molar-refractivity contribution in [2.24, 2.45) is 0 Å². The van der Waals surface area contributed by atoms with Crippen LogP contribution in [-0.4, -0.2) is 37.6 Å². The Morgan fingerprint density at radius 1 is 0.562 bits per heavy atom. The van der Waals surface area contributed by atoms with Gasteiger partial charge in [-0.1, -0.05) is 79.2 Å². The van der Waals surface area contributed by atoms with Crippen molar-refractivity contribution in [2.45, 2.75) is 90.9 Å². The van der Waals surface area contributed by atoms with Gasteiger partial charge in [0, 0.05) is 29.9 Å². The second-order valence-corrected chi connectivity index (χ2v) is 14.6. The Balaban J connectivity index is 1.71. The van der Waals surface area contributed by atoms with Crippen LogP contribution in [0.1, 0.15) is 101 Å². The smallest absolute Gasteiger partial charge is 0.123 e. The first-order valence-electron chi connectivity index (χ1n) is 17.0. The zero-order valence-corrected chi connectivity index (χ0v) is 30.3. The van der Waals surface area contributed by atoms with Gasteiger partial charge in [-0.3, -0.25) is 0 Å².